The number of carbonyl (C=O) groups is 1. The second-order valence-corrected chi connectivity index (χ2v) is 5.80. The molecule has 0 atom stereocenters. The maximum atomic E-state index is 12.3. The Hall–Kier alpha value is -2.54. The number of nitrogens with one attached hydrogen (secondary N) is 1. The highest BCUT2D eigenvalue weighted by Crippen LogP contribution is 2.27. The average molecular weight is 407 g/mol. The first-order chi connectivity index (χ1) is 12.1. The third-order valence-corrected chi connectivity index (χ3v) is 3.77. The van der Waals surface area contributed by atoms with E-state index in [2.05, 4.69) is 26.5 Å². The molecule has 132 valence electrons. The zero-order chi connectivity index (χ0) is 18.2. The van der Waals surface area contributed by atoms with Crippen LogP contribution < -0.4 is 19.6 Å². The number of nitrogens with zero attached hydrogens (tertiary/aromatic N) is 1. The van der Waals surface area contributed by atoms with Crippen molar-refractivity contribution in [2.24, 2.45) is 5.10 Å². The molecule has 0 unspecified atom stereocenters. The Morgan fingerprint density at radius 2 is 1.84 bits per heavy atom. The average Bonchev–Trinajstić information content (AvgIpc) is 2.63. The summed E-state index contributed by atoms with van der Waals surface area (Å²) in [6, 6.07) is 10.6. The molecule has 25 heavy (non-hydrogen) atoms. The van der Waals surface area contributed by atoms with Crippen molar-refractivity contribution in [3.05, 3.63) is 52.0 Å². The van der Waals surface area contributed by atoms with Gasteiger partial charge >= 0.3 is 0 Å². The Bertz CT molecular complexity index is 778. The SMILES string of the molecule is CCOc1ccc(Br)cc1C(=O)NN=Cc1ccc(OC)c(OC)c1. The normalized spacial score (nSPS) is 10.6. The summed E-state index contributed by atoms with van der Waals surface area (Å²) in [6.45, 7) is 2.33. The summed E-state index contributed by atoms with van der Waals surface area (Å²) < 4.78 is 16.7. The van der Waals surface area contributed by atoms with E-state index in [0.717, 1.165) is 10.0 Å². The first kappa shape index (κ1) is 18.8. The van der Waals surface area contributed by atoms with E-state index in [9.17, 15) is 4.79 Å². The highest BCUT2D eigenvalue weighted by atomic mass is 79.9. The van der Waals surface area contributed by atoms with Gasteiger partial charge in [-0.1, -0.05) is 15.9 Å². The van der Waals surface area contributed by atoms with Gasteiger partial charge < -0.3 is 14.2 Å². The molecule has 0 bridgehead atoms. The predicted molar refractivity (Wildman–Crippen MR) is 99.9 cm³/mol. The van der Waals surface area contributed by atoms with Crippen LogP contribution in [-0.2, 0) is 0 Å². The van der Waals surface area contributed by atoms with Crippen LogP contribution >= 0.6 is 15.9 Å². The van der Waals surface area contributed by atoms with E-state index in [0.29, 0.717) is 29.4 Å². The van der Waals surface area contributed by atoms with Crippen molar-refractivity contribution in [3.8, 4) is 17.2 Å². The number of benzene rings is 2. The second-order valence-electron chi connectivity index (χ2n) is 4.89. The summed E-state index contributed by atoms with van der Waals surface area (Å²) in [5.41, 5.74) is 3.66. The van der Waals surface area contributed by atoms with Gasteiger partial charge in [0.2, 0.25) is 0 Å². The number of hydrogen-bond donors (Lipinski definition) is 1. The van der Waals surface area contributed by atoms with Gasteiger partial charge in [0.15, 0.2) is 11.5 Å². The number of methoxy groups -OCH3 is 2. The topological polar surface area (TPSA) is 69.2 Å². The zero-order valence-corrected chi connectivity index (χ0v) is 15.8. The van der Waals surface area contributed by atoms with Crippen LogP contribution in [-0.4, -0.2) is 32.9 Å². The van der Waals surface area contributed by atoms with Crippen LogP contribution in [0.3, 0.4) is 0 Å². The molecular weight excluding hydrogens is 388 g/mol. The monoisotopic (exact) mass is 406 g/mol. The molecule has 0 radical (unpaired) electrons. The molecule has 0 aromatic heterocycles. The van der Waals surface area contributed by atoms with Crippen LogP contribution in [0.5, 0.6) is 17.2 Å². The molecule has 0 saturated heterocycles. The van der Waals surface area contributed by atoms with Gasteiger partial charge in [-0.15, -0.1) is 0 Å². The minimum Gasteiger partial charge on any atom is -0.493 e. The van der Waals surface area contributed by atoms with Crippen LogP contribution in [0.1, 0.15) is 22.8 Å². The van der Waals surface area contributed by atoms with E-state index in [1.807, 2.05) is 19.1 Å². The lowest BCUT2D eigenvalue weighted by molar-refractivity contribution is 0.0951. The largest absolute Gasteiger partial charge is 0.493 e. The molecule has 0 spiro atoms. The summed E-state index contributed by atoms with van der Waals surface area (Å²) >= 11 is 3.35. The van der Waals surface area contributed by atoms with E-state index in [4.69, 9.17) is 14.2 Å². The van der Waals surface area contributed by atoms with Crippen LogP contribution in [0.15, 0.2) is 46.0 Å². The van der Waals surface area contributed by atoms with Crippen molar-refractivity contribution in [2.75, 3.05) is 20.8 Å². The molecule has 2 rings (SSSR count). The number of hydrazone groups is 1. The van der Waals surface area contributed by atoms with E-state index >= 15 is 0 Å². The molecule has 1 amide bonds. The maximum Gasteiger partial charge on any atom is 0.275 e. The third kappa shape index (κ3) is 4.96. The summed E-state index contributed by atoms with van der Waals surface area (Å²) in [5, 5.41) is 3.99. The summed E-state index contributed by atoms with van der Waals surface area (Å²) in [6.07, 6.45) is 1.53. The molecule has 1 N–H and O–H groups in total. The molecule has 0 heterocycles. The standard InChI is InChI=1S/C18H19BrN2O4/c1-4-25-15-8-6-13(19)10-14(15)18(22)21-20-11-12-5-7-16(23-2)17(9-12)24-3/h5-11H,4H2,1-3H3,(H,21,22). The second kappa shape index (κ2) is 9.08. The maximum absolute atomic E-state index is 12.3. The predicted octanol–water partition coefficient (Wildman–Crippen LogP) is 3.63. The van der Waals surface area contributed by atoms with Crippen LogP contribution in [0, 0.1) is 0 Å². The van der Waals surface area contributed by atoms with Crippen molar-refractivity contribution < 1.29 is 19.0 Å². The van der Waals surface area contributed by atoms with Crippen molar-refractivity contribution in [1.82, 2.24) is 5.43 Å². The number of ether oxygens (including phenoxy) is 3. The van der Waals surface area contributed by atoms with Crippen molar-refractivity contribution >= 4 is 28.1 Å². The van der Waals surface area contributed by atoms with Crippen molar-refractivity contribution in [3.63, 3.8) is 0 Å². The molecule has 0 aliphatic carbocycles. The number of halogens is 1. The van der Waals surface area contributed by atoms with Gasteiger partial charge in [-0.3, -0.25) is 4.79 Å². The Balaban J connectivity index is 2.12. The molecule has 2 aromatic rings. The summed E-state index contributed by atoms with van der Waals surface area (Å²) in [5.74, 6) is 1.36. The van der Waals surface area contributed by atoms with Crippen LogP contribution in [0.25, 0.3) is 0 Å². The van der Waals surface area contributed by atoms with Crippen molar-refractivity contribution in [2.45, 2.75) is 6.92 Å². The van der Waals surface area contributed by atoms with E-state index in [1.54, 1.807) is 38.5 Å². The molecule has 6 nitrogen and oxygen atoms in total. The lowest BCUT2D eigenvalue weighted by Crippen LogP contribution is -2.18. The highest BCUT2D eigenvalue weighted by molar-refractivity contribution is 9.10. The zero-order valence-electron chi connectivity index (χ0n) is 14.2. The van der Waals surface area contributed by atoms with Gasteiger partial charge in [0.1, 0.15) is 5.75 Å². The fraction of sp³-hybridized carbons (Fsp3) is 0.222. The van der Waals surface area contributed by atoms with Crippen LogP contribution in [0.2, 0.25) is 0 Å². The van der Waals surface area contributed by atoms with E-state index < -0.39 is 0 Å². The number of rotatable bonds is 7. The molecule has 0 fully saturated rings. The van der Waals surface area contributed by atoms with Gasteiger partial charge in [0.25, 0.3) is 5.91 Å². The molecule has 2 aromatic carbocycles. The smallest absolute Gasteiger partial charge is 0.275 e. The minimum atomic E-state index is -0.360. The molecule has 0 saturated carbocycles. The first-order valence-corrected chi connectivity index (χ1v) is 8.36. The van der Waals surface area contributed by atoms with E-state index in [1.165, 1.54) is 6.21 Å². The van der Waals surface area contributed by atoms with Crippen LogP contribution in [0.4, 0.5) is 0 Å². The lowest BCUT2D eigenvalue weighted by Gasteiger charge is -2.09. The van der Waals surface area contributed by atoms with Gasteiger partial charge in [-0.05, 0) is 48.9 Å². The first-order valence-electron chi connectivity index (χ1n) is 7.56. The number of hydrogen-bond acceptors (Lipinski definition) is 5. The number of carbonyl (C=O) groups excluding carboxylic acids is 1. The quantitative estimate of drug-likeness (QED) is 0.562. The highest BCUT2D eigenvalue weighted by Gasteiger charge is 2.12. The van der Waals surface area contributed by atoms with Gasteiger partial charge in [-0.25, -0.2) is 5.43 Å². The molecular formula is C18H19BrN2O4. The fourth-order valence-corrected chi connectivity index (χ4v) is 2.48. The van der Waals surface area contributed by atoms with Gasteiger partial charge in [0.05, 0.1) is 32.6 Å². The Morgan fingerprint density at radius 1 is 1.12 bits per heavy atom. The molecule has 7 heteroatoms. The number of amides is 1. The Morgan fingerprint density at radius 3 is 2.52 bits per heavy atom. The summed E-state index contributed by atoms with van der Waals surface area (Å²) in [7, 11) is 3.13. The Kier molecular flexibility index (Phi) is 6.82. The molecule has 0 aliphatic heterocycles. The minimum absolute atomic E-state index is 0.360. The lowest BCUT2D eigenvalue weighted by atomic mass is 10.2. The van der Waals surface area contributed by atoms with Crippen molar-refractivity contribution in [1.29, 1.82) is 0 Å². The molecule has 0 aliphatic rings. The van der Waals surface area contributed by atoms with Gasteiger partial charge in [0, 0.05) is 4.47 Å². The Labute approximate surface area is 154 Å². The fourth-order valence-electron chi connectivity index (χ4n) is 2.12. The van der Waals surface area contributed by atoms with E-state index in [-0.39, 0.29) is 5.91 Å². The van der Waals surface area contributed by atoms with Gasteiger partial charge in [-0.2, -0.15) is 5.10 Å². The summed E-state index contributed by atoms with van der Waals surface area (Å²) in [4.78, 5) is 12.3. The third-order valence-electron chi connectivity index (χ3n) is 3.27.